The summed E-state index contributed by atoms with van der Waals surface area (Å²) in [5, 5.41) is 0. The Morgan fingerprint density at radius 3 is 2.76 bits per heavy atom. The summed E-state index contributed by atoms with van der Waals surface area (Å²) in [6, 6.07) is 9.23. The molecule has 0 saturated carbocycles. The Balaban J connectivity index is 1.81. The van der Waals surface area contributed by atoms with Gasteiger partial charge in [-0.2, -0.15) is 0 Å². The van der Waals surface area contributed by atoms with Gasteiger partial charge in [0.15, 0.2) is 5.69 Å². The Morgan fingerprint density at radius 2 is 2.10 bits per heavy atom. The molecule has 1 aromatic heterocycles. The molecule has 2 aromatic rings. The summed E-state index contributed by atoms with van der Waals surface area (Å²) in [6.45, 7) is 1.90. The van der Waals surface area contributed by atoms with Crippen LogP contribution in [0.25, 0.3) is 11.5 Å². The van der Waals surface area contributed by atoms with E-state index in [-0.39, 0.29) is 12.3 Å². The molecule has 0 N–H and O–H groups in total. The maximum atomic E-state index is 12.1. The van der Waals surface area contributed by atoms with E-state index in [0.717, 1.165) is 5.56 Å². The molecule has 1 saturated heterocycles. The van der Waals surface area contributed by atoms with Gasteiger partial charge in [0.25, 0.3) is 0 Å². The highest BCUT2D eigenvalue weighted by Crippen LogP contribution is 2.22. The van der Waals surface area contributed by atoms with Gasteiger partial charge >= 0.3 is 11.9 Å². The number of aryl methyl sites for hydroxylation is 1. The van der Waals surface area contributed by atoms with Gasteiger partial charge in [-0.3, -0.25) is 0 Å². The van der Waals surface area contributed by atoms with Crippen molar-refractivity contribution in [3.05, 3.63) is 41.8 Å². The molecule has 6 heteroatoms. The second kappa shape index (κ2) is 5.40. The van der Waals surface area contributed by atoms with Crippen LogP contribution in [-0.2, 0) is 14.3 Å². The van der Waals surface area contributed by atoms with Gasteiger partial charge in [0.1, 0.15) is 5.76 Å². The van der Waals surface area contributed by atoms with E-state index < -0.39 is 18.0 Å². The molecule has 6 nitrogen and oxygen atoms in total. The van der Waals surface area contributed by atoms with Crippen molar-refractivity contribution in [1.29, 1.82) is 0 Å². The van der Waals surface area contributed by atoms with Crippen LogP contribution in [0, 0.1) is 6.92 Å². The van der Waals surface area contributed by atoms with Gasteiger partial charge in [0.2, 0.25) is 12.0 Å². The number of hydrogen-bond donors (Lipinski definition) is 0. The van der Waals surface area contributed by atoms with Crippen molar-refractivity contribution < 1.29 is 23.5 Å². The molecule has 0 spiro atoms. The molecule has 21 heavy (non-hydrogen) atoms. The lowest BCUT2D eigenvalue weighted by atomic mass is 10.2. The van der Waals surface area contributed by atoms with E-state index in [1.807, 2.05) is 30.3 Å². The summed E-state index contributed by atoms with van der Waals surface area (Å²) in [5.74, 6) is -0.505. The Hall–Kier alpha value is -2.63. The summed E-state index contributed by atoms with van der Waals surface area (Å²) in [6.07, 6.45) is -0.485. The third-order valence-electron chi connectivity index (χ3n) is 3.15. The number of esters is 2. The Labute approximate surface area is 120 Å². The van der Waals surface area contributed by atoms with Crippen LogP contribution in [-0.4, -0.2) is 29.6 Å². The zero-order chi connectivity index (χ0) is 14.8. The lowest BCUT2D eigenvalue weighted by Gasteiger charge is -2.06. The molecular formula is C15H13NO5. The first kappa shape index (κ1) is 13.4. The minimum Gasteiger partial charge on any atom is -0.463 e. The molecule has 0 aliphatic carbocycles. The van der Waals surface area contributed by atoms with Crippen LogP contribution >= 0.6 is 0 Å². The Bertz CT molecular complexity index is 677. The molecule has 3 rings (SSSR count). The van der Waals surface area contributed by atoms with E-state index in [1.54, 1.807) is 6.92 Å². The number of nitrogens with zero attached hydrogens (tertiary/aromatic N) is 1. The SMILES string of the molecule is Cc1oc(-c2ccccc2)nc1C(=O)O[C@@H]1CCOC1=O. The van der Waals surface area contributed by atoms with Gasteiger partial charge in [-0.25, -0.2) is 14.6 Å². The quantitative estimate of drug-likeness (QED) is 0.805. The summed E-state index contributed by atoms with van der Waals surface area (Å²) >= 11 is 0. The van der Waals surface area contributed by atoms with E-state index in [1.165, 1.54) is 0 Å². The van der Waals surface area contributed by atoms with Crippen molar-refractivity contribution in [2.45, 2.75) is 19.4 Å². The number of oxazole rings is 1. The molecule has 1 atom stereocenters. The minimum atomic E-state index is -0.853. The molecule has 0 radical (unpaired) electrons. The molecule has 2 heterocycles. The van der Waals surface area contributed by atoms with Crippen LogP contribution in [0.2, 0.25) is 0 Å². The van der Waals surface area contributed by atoms with Gasteiger partial charge in [-0.1, -0.05) is 18.2 Å². The second-order valence-electron chi connectivity index (χ2n) is 4.64. The van der Waals surface area contributed by atoms with Crippen LogP contribution < -0.4 is 0 Å². The number of rotatable bonds is 3. The van der Waals surface area contributed by atoms with Crippen LogP contribution in [0.4, 0.5) is 0 Å². The molecular weight excluding hydrogens is 274 g/mol. The van der Waals surface area contributed by atoms with Crippen LogP contribution in [0.3, 0.4) is 0 Å². The number of aromatic nitrogens is 1. The predicted molar refractivity (Wildman–Crippen MR) is 71.5 cm³/mol. The number of carbonyl (C=O) groups excluding carboxylic acids is 2. The highest BCUT2D eigenvalue weighted by molar-refractivity contribution is 5.91. The highest BCUT2D eigenvalue weighted by atomic mass is 16.6. The van der Waals surface area contributed by atoms with E-state index in [4.69, 9.17) is 13.9 Å². The van der Waals surface area contributed by atoms with Crippen LogP contribution in [0.5, 0.6) is 0 Å². The van der Waals surface area contributed by atoms with Gasteiger partial charge in [-0.15, -0.1) is 0 Å². The third kappa shape index (κ3) is 2.65. The normalized spacial score (nSPS) is 17.6. The minimum absolute atomic E-state index is 0.0774. The molecule has 0 amide bonds. The smallest absolute Gasteiger partial charge is 0.361 e. The fraction of sp³-hybridized carbons (Fsp3) is 0.267. The van der Waals surface area contributed by atoms with E-state index >= 15 is 0 Å². The van der Waals surface area contributed by atoms with Gasteiger partial charge < -0.3 is 13.9 Å². The first-order chi connectivity index (χ1) is 10.1. The lowest BCUT2D eigenvalue weighted by molar-refractivity contribution is -0.145. The van der Waals surface area contributed by atoms with Gasteiger partial charge in [0, 0.05) is 12.0 Å². The Kier molecular flexibility index (Phi) is 3.43. The summed E-state index contributed by atoms with van der Waals surface area (Å²) < 4.78 is 15.3. The average molecular weight is 287 g/mol. The van der Waals surface area contributed by atoms with Gasteiger partial charge in [-0.05, 0) is 19.1 Å². The zero-order valence-electron chi connectivity index (χ0n) is 11.4. The fourth-order valence-electron chi connectivity index (χ4n) is 2.06. The fourth-order valence-corrected chi connectivity index (χ4v) is 2.06. The largest absolute Gasteiger partial charge is 0.463 e. The molecule has 108 valence electrons. The topological polar surface area (TPSA) is 78.6 Å². The molecule has 1 aliphatic heterocycles. The number of ether oxygens (including phenoxy) is 2. The predicted octanol–water partition coefficient (Wildman–Crippen LogP) is 2.12. The maximum absolute atomic E-state index is 12.1. The van der Waals surface area contributed by atoms with Crippen molar-refractivity contribution in [1.82, 2.24) is 4.98 Å². The number of carbonyl (C=O) groups is 2. The molecule has 1 aromatic carbocycles. The van der Waals surface area contributed by atoms with Gasteiger partial charge in [0.05, 0.1) is 6.61 Å². The monoisotopic (exact) mass is 287 g/mol. The average Bonchev–Trinajstić information content (AvgIpc) is 3.06. The van der Waals surface area contributed by atoms with Crippen molar-refractivity contribution in [3.63, 3.8) is 0 Å². The highest BCUT2D eigenvalue weighted by Gasteiger charge is 2.32. The first-order valence-corrected chi connectivity index (χ1v) is 6.55. The molecule has 1 aliphatic rings. The summed E-state index contributed by atoms with van der Waals surface area (Å²) in [5.41, 5.74) is 0.841. The van der Waals surface area contributed by atoms with Crippen LogP contribution in [0.1, 0.15) is 22.7 Å². The third-order valence-corrected chi connectivity index (χ3v) is 3.15. The standard InChI is InChI=1S/C15H13NO5/c1-9-12(15(18)21-11-7-8-19-14(11)17)16-13(20-9)10-5-3-2-4-6-10/h2-6,11H,7-8H2,1H3/t11-/m1/s1. The zero-order valence-corrected chi connectivity index (χ0v) is 11.4. The number of cyclic esters (lactones) is 1. The first-order valence-electron chi connectivity index (χ1n) is 6.55. The van der Waals surface area contributed by atoms with E-state index in [9.17, 15) is 9.59 Å². The van der Waals surface area contributed by atoms with Crippen molar-refractivity contribution in [2.75, 3.05) is 6.61 Å². The van der Waals surface area contributed by atoms with Crippen LogP contribution in [0.15, 0.2) is 34.7 Å². The molecule has 1 fully saturated rings. The molecule has 0 bridgehead atoms. The number of benzene rings is 1. The lowest BCUT2D eigenvalue weighted by Crippen LogP contribution is -2.23. The molecule has 0 unspecified atom stereocenters. The van der Waals surface area contributed by atoms with Crippen molar-refractivity contribution in [2.24, 2.45) is 0 Å². The second-order valence-corrected chi connectivity index (χ2v) is 4.64. The Morgan fingerprint density at radius 1 is 1.33 bits per heavy atom. The number of hydrogen-bond acceptors (Lipinski definition) is 6. The van der Waals surface area contributed by atoms with E-state index in [2.05, 4.69) is 4.98 Å². The maximum Gasteiger partial charge on any atom is 0.361 e. The van der Waals surface area contributed by atoms with Crippen molar-refractivity contribution in [3.8, 4) is 11.5 Å². The van der Waals surface area contributed by atoms with E-state index in [0.29, 0.717) is 18.1 Å². The summed E-state index contributed by atoms with van der Waals surface area (Å²) in [4.78, 5) is 27.5. The summed E-state index contributed by atoms with van der Waals surface area (Å²) in [7, 11) is 0. The van der Waals surface area contributed by atoms with Crippen molar-refractivity contribution >= 4 is 11.9 Å².